The Morgan fingerprint density at radius 2 is 2.07 bits per heavy atom. The predicted molar refractivity (Wildman–Crippen MR) is 109 cm³/mol. The van der Waals surface area contributed by atoms with Gasteiger partial charge in [0.15, 0.2) is 0 Å². The molecule has 0 spiro atoms. The van der Waals surface area contributed by atoms with Crippen LogP contribution in [0.1, 0.15) is 53.4 Å². The zero-order valence-electron chi connectivity index (χ0n) is 16.7. The van der Waals surface area contributed by atoms with Gasteiger partial charge in [-0.05, 0) is 64.3 Å². The summed E-state index contributed by atoms with van der Waals surface area (Å²) in [6.45, 7) is 7.48. The highest BCUT2D eigenvalue weighted by molar-refractivity contribution is 7.90. The summed E-state index contributed by atoms with van der Waals surface area (Å²) in [5.74, 6) is -0.0821. The van der Waals surface area contributed by atoms with E-state index in [2.05, 4.69) is 10.0 Å². The van der Waals surface area contributed by atoms with E-state index in [1.165, 1.54) is 0 Å². The zero-order valence-corrected chi connectivity index (χ0v) is 17.5. The summed E-state index contributed by atoms with van der Waals surface area (Å²) in [5.41, 5.74) is 1.73. The molecule has 7 heteroatoms. The minimum atomic E-state index is -3.24. The maximum atomic E-state index is 12.2. The first kappa shape index (κ1) is 23.2. The molecule has 1 unspecified atom stereocenters. The molecule has 0 saturated heterocycles. The number of carbonyl (C=O) groups excluding carboxylic acids is 1. The summed E-state index contributed by atoms with van der Waals surface area (Å²) in [6.07, 6.45) is 13.8. The van der Waals surface area contributed by atoms with E-state index in [1.807, 2.05) is 44.2 Å². The van der Waals surface area contributed by atoms with Crippen LogP contribution < -0.4 is 10.0 Å². The molecule has 0 aromatic heterocycles. The topological polar surface area (TPSA) is 84.5 Å². The van der Waals surface area contributed by atoms with Gasteiger partial charge in [-0.15, -0.1) is 0 Å². The van der Waals surface area contributed by atoms with Gasteiger partial charge in [0.2, 0.25) is 15.9 Å². The molecule has 6 nitrogen and oxygen atoms in total. The van der Waals surface area contributed by atoms with Crippen LogP contribution in [0.15, 0.2) is 47.9 Å². The molecule has 0 bridgehead atoms. The van der Waals surface area contributed by atoms with Gasteiger partial charge in [-0.2, -0.15) is 0 Å². The van der Waals surface area contributed by atoms with Crippen LogP contribution in [0.3, 0.4) is 0 Å². The number of nitrogens with one attached hydrogen (secondary N) is 2. The van der Waals surface area contributed by atoms with Crippen molar-refractivity contribution in [1.29, 1.82) is 0 Å². The van der Waals surface area contributed by atoms with Crippen LogP contribution >= 0.6 is 0 Å². The molecule has 0 radical (unpaired) electrons. The Bertz CT molecular complexity index is 695. The molecule has 0 saturated carbocycles. The molecule has 1 atom stereocenters. The number of hydrogen-bond acceptors (Lipinski definition) is 4. The van der Waals surface area contributed by atoms with E-state index in [-0.39, 0.29) is 12.0 Å². The lowest BCUT2D eigenvalue weighted by Crippen LogP contribution is -2.31. The van der Waals surface area contributed by atoms with Crippen LogP contribution in [-0.2, 0) is 19.6 Å². The molecule has 2 N–H and O–H groups in total. The molecule has 27 heavy (non-hydrogen) atoms. The smallest absolute Gasteiger partial charge is 0.224 e. The van der Waals surface area contributed by atoms with Crippen molar-refractivity contribution in [1.82, 2.24) is 10.0 Å². The van der Waals surface area contributed by atoms with Crippen molar-refractivity contribution in [3.05, 3.63) is 47.9 Å². The monoisotopic (exact) mass is 396 g/mol. The normalized spacial score (nSPS) is 18.3. The molecule has 1 amide bonds. The number of sulfonamides is 1. The van der Waals surface area contributed by atoms with E-state index in [0.717, 1.165) is 17.7 Å². The molecule has 0 aliphatic carbocycles. The maximum Gasteiger partial charge on any atom is 0.224 e. The second-order valence-electron chi connectivity index (χ2n) is 6.71. The Hall–Kier alpha value is -1.86. The lowest BCUT2D eigenvalue weighted by atomic mass is 10.1. The summed E-state index contributed by atoms with van der Waals surface area (Å²) in [5, 5.41) is 2.48. The molecule has 1 aliphatic heterocycles. The quantitative estimate of drug-likeness (QED) is 0.414. The van der Waals surface area contributed by atoms with Gasteiger partial charge < -0.3 is 10.1 Å². The molecular formula is C20H32N2O4S. The molecule has 0 aromatic carbocycles. The van der Waals surface area contributed by atoms with Crippen LogP contribution in [0.4, 0.5) is 0 Å². The molecule has 0 fully saturated rings. The van der Waals surface area contributed by atoms with Gasteiger partial charge in [0.25, 0.3) is 0 Å². The van der Waals surface area contributed by atoms with E-state index >= 15 is 0 Å². The van der Waals surface area contributed by atoms with Crippen molar-refractivity contribution < 1.29 is 17.9 Å². The number of carbonyl (C=O) groups is 1. The summed E-state index contributed by atoms with van der Waals surface area (Å²) in [7, 11) is -3.24. The minimum absolute atomic E-state index is 0.0544. The number of allylic oxidation sites excluding steroid dienone is 4. The van der Waals surface area contributed by atoms with Crippen molar-refractivity contribution in [2.75, 3.05) is 6.54 Å². The van der Waals surface area contributed by atoms with Crippen molar-refractivity contribution in [2.45, 2.75) is 64.7 Å². The van der Waals surface area contributed by atoms with Crippen LogP contribution in [0.2, 0.25) is 0 Å². The van der Waals surface area contributed by atoms with Gasteiger partial charge in [-0.3, -0.25) is 4.79 Å². The van der Waals surface area contributed by atoms with Gasteiger partial charge in [0.1, 0.15) is 6.10 Å². The highest BCUT2D eigenvalue weighted by Gasteiger charge is 2.14. The third-order valence-electron chi connectivity index (χ3n) is 4.19. The van der Waals surface area contributed by atoms with Crippen LogP contribution in [0.25, 0.3) is 0 Å². The zero-order chi connectivity index (χ0) is 20.3. The molecule has 1 rings (SSSR count). The van der Waals surface area contributed by atoms with Crippen molar-refractivity contribution in [2.24, 2.45) is 0 Å². The van der Waals surface area contributed by atoms with E-state index in [0.29, 0.717) is 25.8 Å². The van der Waals surface area contributed by atoms with Crippen LogP contribution in [0, 0.1) is 0 Å². The highest BCUT2D eigenvalue weighted by atomic mass is 32.2. The first-order valence-electron chi connectivity index (χ1n) is 9.37. The Kier molecular flexibility index (Phi) is 10.1. The number of amides is 1. The summed E-state index contributed by atoms with van der Waals surface area (Å²) >= 11 is 0. The molecule has 1 heterocycles. The molecule has 0 aromatic rings. The second kappa shape index (κ2) is 11.8. The Labute approximate surface area is 163 Å². The predicted octanol–water partition coefficient (Wildman–Crippen LogP) is 3.31. The SMILES string of the molecule is C/C=C(C)/C(=C\C=C\C1CC=CO1)NC(=O)CCCCNS(=O)(=O)C(C)C. The summed E-state index contributed by atoms with van der Waals surface area (Å²) in [6, 6.07) is 0. The maximum absolute atomic E-state index is 12.2. The first-order chi connectivity index (χ1) is 12.8. The fraction of sp³-hybridized carbons (Fsp3) is 0.550. The van der Waals surface area contributed by atoms with Crippen LogP contribution in [-0.4, -0.2) is 32.2 Å². The number of rotatable bonds is 11. The average Bonchev–Trinajstić information content (AvgIpc) is 3.13. The number of hydrogen-bond donors (Lipinski definition) is 2. The lowest BCUT2D eigenvalue weighted by Gasteiger charge is -2.11. The molecule has 1 aliphatic rings. The van der Waals surface area contributed by atoms with Gasteiger partial charge in [-0.25, -0.2) is 13.1 Å². The number of ether oxygens (including phenoxy) is 1. The summed E-state index contributed by atoms with van der Waals surface area (Å²) < 4.78 is 31.2. The van der Waals surface area contributed by atoms with Crippen LogP contribution in [0.5, 0.6) is 0 Å². The van der Waals surface area contributed by atoms with E-state index in [4.69, 9.17) is 4.74 Å². The third-order valence-corrected chi connectivity index (χ3v) is 6.04. The second-order valence-corrected chi connectivity index (χ2v) is 9.03. The third kappa shape index (κ3) is 9.06. The Morgan fingerprint density at radius 3 is 2.67 bits per heavy atom. The fourth-order valence-corrected chi connectivity index (χ4v) is 3.00. The Morgan fingerprint density at radius 1 is 1.33 bits per heavy atom. The van der Waals surface area contributed by atoms with Crippen molar-refractivity contribution in [3.63, 3.8) is 0 Å². The van der Waals surface area contributed by atoms with Gasteiger partial charge in [0, 0.05) is 25.1 Å². The van der Waals surface area contributed by atoms with E-state index in [1.54, 1.807) is 20.1 Å². The van der Waals surface area contributed by atoms with E-state index < -0.39 is 15.3 Å². The molecule has 152 valence electrons. The van der Waals surface area contributed by atoms with Crippen molar-refractivity contribution >= 4 is 15.9 Å². The van der Waals surface area contributed by atoms with Gasteiger partial charge in [0.05, 0.1) is 11.5 Å². The average molecular weight is 397 g/mol. The standard InChI is InChI=1S/C20H32N2O4S/c1-5-17(4)19(12-8-10-18-11-9-15-26-18)22-20(23)13-6-7-14-21-27(24,25)16(2)3/h5,8-10,12,15-16,18,21H,6-7,11,13-14H2,1-4H3,(H,22,23)/b10-8+,17-5+,19-12+. The molecular weight excluding hydrogens is 364 g/mol. The van der Waals surface area contributed by atoms with Gasteiger partial charge in [-0.1, -0.05) is 12.2 Å². The fourth-order valence-electron chi connectivity index (χ4n) is 2.23. The van der Waals surface area contributed by atoms with Gasteiger partial charge >= 0.3 is 0 Å². The summed E-state index contributed by atoms with van der Waals surface area (Å²) in [4.78, 5) is 12.2. The largest absolute Gasteiger partial charge is 0.494 e. The number of unbranched alkanes of at least 4 members (excludes halogenated alkanes) is 1. The van der Waals surface area contributed by atoms with E-state index in [9.17, 15) is 13.2 Å². The highest BCUT2D eigenvalue weighted by Crippen LogP contribution is 2.11. The Balaban J connectivity index is 2.43. The minimum Gasteiger partial charge on any atom is -0.494 e. The van der Waals surface area contributed by atoms with Crippen molar-refractivity contribution in [3.8, 4) is 0 Å². The first-order valence-corrected chi connectivity index (χ1v) is 10.9. The lowest BCUT2D eigenvalue weighted by molar-refractivity contribution is -0.120.